The van der Waals surface area contributed by atoms with Gasteiger partial charge in [0.15, 0.2) is 0 Å². The first kappa shape index (κ1) is 9.23. The Balaban J connectivity index is 2.60. The van der Waals surface area contributed by atoms with Gasteiger partial charge in [0.2, 0.25) is 0 Å². The van der Waals surface area contributed by atoms with Crippen LogP contribution in [0.5, 0.6) is 0 Å². The highest BCUT2D eigenvalue weighted by Crippen LogP contribution is 1.94. The van der Waals surface area contributed by atoms with E-state index in [2.05, 4.69) is 10.8 Å². The van der Waals surface area contributed by atoms with E-state index in [4.69, 9.17) is 4.28 Å². The average molecular weight is 150 g/mol. The van der Waals surface area contributed by atoms with Crippen LogP contribution in [-0.2, 0) is 4.28 Å². The molecule has 0 aliphatic heterocycles. The van der Waals surface area contributed by atoms with E-state index in [0.29, 0.717) is 0 Å². The zero-order chi connectivity index (χ0) is 6.95. The quantitative estimate of drug-likeness (QED) is 0.326. The molecular formula is C5H14N2OS. The lowest BCUT2D eigenvalue weighted by Gasteiger charge is -2.00. The third-order valence-corrected chi connectivity index (χ3v) is 1.18. The smallest absolute Gasteiger partial charge is 0.0347 e. The minimum Gasteiger partial charge on any atom is -0.318 e. The van der Waals surface area contributed by atoms with Crippen molar-refractivity contribution in [3.63, 3.8) is 0 Å². The molecule has 0 amide bonds. The molecule has 0 bridgehead atoms. The summed E-state index contributed by atoms with van der Waals surface area (Å²) in [5.74, 6) is 0.979. The molecule has 0 saturated carbocycles. The Labute approximate surface area is 60.7 Å². The molecule has 0 aromatic heterocycles. The molecule has 0 radical (unpaired) electrons. The summed E-state index contributed by atoms with van der Waals surface area (Å²) in [4.78, 5) is 0. The highest BCUT2D eigenvalue weighted by atomic mass is 32.2. The van der Waals surface area contributed by atoms with Gasteiger partial charge in [-0.2, -0.15) is 5.48 Å². The fourth-order valence-electron chi connectivity index (χ4n) is 0.318. The van der Waals surface area contributed by atoms with Crippen molar-refractivity contribution in [2.45, 2.75) is 6.92 Å². The van der Waals surface area contributed by atoms with Crippen LogP contribution in [0.25, 0.3) is 0 Å². The van der Waals surface area contributed by atoms with Crippen LogP contribution in [0.1, 0.15) is 6.92 Å². The molecule has 0 spiro atoms. The lowest BCUT2D eigenvalue weighted by molar-refractivity contribution is 0.240. The van der Waals surface area contributed by atoms with Gasteiger partial charge in [0.1, 0.15) is 0 Å². The molecule has 9 heavy (non-hydrogen) atoms. The van der Waals surface area contributed by atoms with Crippen LogP contribution in [0.4, 0.5) is 0 Å². The molecule has 56 valence electrons. The van der Waals surface area contributed by atoms with Crippen molar-refractivity contribution in [2.75, 3.05) is 25.9 Å². The predicted octanol–water partition coefficient (Wildman–Crippen LogP) is 0.395. The first-order chi connectivity index (χ1) is 4.41. The summed E-state index contributed by atoms with van der Waals surface area (Å²) in [7, 11) is 1.91. The van der Waals surface area contributed by atoms with E-state index in [1.54, 1.807) is 0 Å². The molecule has 0 fully saturated rings. The summed E-state index contributed by atoms with van der Waals surface area (Å²) in [6, 6.07) is 0. The van der Waals surface area contributed by atoms with Crippen LogP contribution in [0, 0.1) is 0 Å². The Kier molecular flexibility index (Phi) is 8.44. The van der Waals surface area contributed by atoms with E-state index in [0.717, 1.165) is 18.8 Å². The molecule has 0 aliphatic rings. The second kappa shape index (κ2) is 8.23. The highest BCUT2D eigenvalue weighted by molar-refractivity contribution is 7.94. The van der Waals surface area contributed by atoms with Gasteiger partial charge < -0.3 is 5.32 Å². The maximum absolute atomic E-state index is 4.91. The second-order valence-corrected chi connectivity index (χ2v) is 2.47. The minimum atomic E-state index is 0.851. The van der Waals surface area contributed by atoms with Gasteiger partial charge in [-0.15, -0.1) is 0 Å². The van der Waals surface area contributed by atoms with Crippen LogP contribution in [0.3, 0.4) is 0 Å². The number of nitrogens with one attached hydrogen (secondary N) is 2. The normalized spacial score (nSPS) is 10.0. The zero-order valence-electron chi connectivity index (χ0n) is 5.94. The third kappa shape index (κ3) is 8.23. The van der Waals surface area contributed by atoms with E-state index in [1.165, 1.54) is 12.0 Å². The summed E-state index contributed by atoms with van der Waals surface area (Å²) < 4.78 is 4.91. The minimum absolute atomic E-state index is 0.851. The standard InChI is InChI=1S/C5H14N2OS/c1-3-9-8-7-5-4-6-2/h6-7H,3-5H2,1-2H3. The van der Waals surface area contributed by atoms with Gasteiger partial charge in [-0.25, -0.2) is 4.28 Å². The van der Waals surface area contributed by atoms with E-state index < -0.39 is 0 Å². The van der Waals surface area contributed by atoms with Crippen LogP contribution in [-0.4, -0.2) is 25.9 Å². The van der Waals surface area contributed by atoms with Gasteiger partial charge in [0.05, 0.1) is 0 Å². The summed E-state index contributed by atoms with van der Waals surface area (Å²) in [6.07, 6.45) is 0. The number of hydrogen-bond acceptors (Lipinski definition) is 4. The lowest BCUT2D eigenvalue weighted by Crippen LogP contribution is -2.23. The van der Waals surface area contributed by atoms with E-state index in [9.17, 15) is 0 Å². The van der Waals surface area contributed by atoms with Gasteiger partial charge in [0.25, 0.3) is 0 Å². The molecule has 0 aliphatic carbocycles. The molecule has 0 heterocycles. The molecule has 0 aromatic rings. The average Bonchev–Trinajstić information content (AvgIpc) is 1.89. The second-order valence-electron chi connectivity index (χ2n) is 1.49. The highest BCUT2D eigenvalue weighted by Gasteiger charge is 1.82. The van der Waals surface area contributed by atoms with E-state index in [-0.39, 0.29) is 0 Å². The van der Waals surface area contributed by atoms with Crippen LogP contribution < -0.4 is 10.8 Å². The Morgan fingerprint density at radius 2 is 2.22 bits per heavy atom. The molecule has 4 heteroatoms. The van der Waals surface area contributed by atoms with Crippen LogP contribution >= 0.6 is 12.0 Å². The number of hydrogen-bond donors (Lipinski definition) is 2. The van der Waals surface area contributed by atoms with Crippen molar-refractivity contribution in [1.29, 1.82) is 0 Å². The Morgan fingerprint density at radius 3 is 2.78 bits per heavy atom. The molecule has 0 aromatic carbocycles. The SMILES string of the molecule is CCSONCCNC. The number of hydroxylamine groups is 1. The Morgan fingerprint density at radius 1 is 1.44 bits per heavy atom. The fourth-order valence-corrected chi connectivity index (χ4v) is 0.603. The molecule has 0 rings (SSSR count). The summed E-state index contributed by atoms with van der Waals surface area (Å²) in [6.45, 7) is 3.83. The fraction of sp³-hybridized carbons (Fsp3) is 1.00. The van der Waals surface area contributed by atoms with Crippen molar-refractivity contribution >= 4 is 12.0 Å². The molecular weight excluding hydrogens is 136 g/mol. The topological polar surface area (TPSA) is 33.3 Å². The van der Waals surface area contributed by atoms with Gasteiger partial charge in [0, 0.05) is 30.9 Å². The summed E-state index contributed by atoms with van der Waals surface area (Å²) in [5, 5.41) is 2.99. The van der Waals surface area contributed by atoms with Crippen LogP contribution in [0.2, 0.25) is 0 Å². The van der Waals surface area contributed by atoms with E-state index in [1.807, 2.05) is 14.0 Å². The van der Waals surface area contributed by atoms with Crippen LogP contribution in [0.15, 0.2) is 0 Å². The summed E-state index contributed by atoms with van der Waals surface area (Å²) >= 11 is 1.42. The third-order valence-electron chi connectivity index (χ3n) is 0.713. The Bertz CT molecular complexity index is 48.2. The molecule has 3 nitrogen and oxygen atoms in total. The first-order valence-electron chi connectivity index (χ1n) is 3.07. The molecule has 2 N–H and O–H groups in total. The monoisotopic (exact) mass is 150 g/mol. The van der Waals surface area contributed by atoms with Crippen molar-refractivity contribution in [3.8, 4) is 0 Å². The number of rotatable bonds is 6. The molecule has 0 saturated heterocycles. The van der Waals surface area contributed by atoms with Crippen molar-refractivity contribution in [1.82, 2.24) is 10.8 Å². The largest absolute Gasteiger partial charge is 0.318 e. The maximum atomic E-state index is 4.91. The summed E-state index contributed by atoms with van der Waals surface area (Å²) in [5.41, 5.74) is 2.79. The number of likely N-dealkylation sites (N-methyl/N-ethyl adjacent to an activating group) is 1. The first-order valence-corrected chi connectivity index (χ1v) is 3.98. The molecule has 0 atom stereocenters. The Hall–Kier alpha value is 0.230. The lowest BCUT2D eigenvalue weighted by atomic mass is 10.7. The van der Waals surface area contributed by atoms with Crippen molar-refractivity contribution in [3.05, 3.63) is 0 Å². The zero-order valence-corrected chi connectivity index (χ0v) is 6.75. The van der Waals surface area contributed by atoms with Crippen molar-refractivity contribution in [2.24, 2.45) is 0 Å². The predicted molar refractivity (Wildman–Crippen MR) is 41.1 cm³/mol. The van der Waals surface area contributed by atoms with E-state index >= 15 is 0 Å². The van der Waals surface area contributed by atoms with Gasteiger partial charge >= 0.3 is 0 Å². The maximum Gasteiger partial charge on any atom is 0.0347 e. The van der Waals surface area contributed by atoms with Crippen molar-refractivity contribution < 1.29 is 4.28 Å². The van der Waals surface area contributed by atoms with Gasteiger partial charge in [-0.05, 0) is 7.05 Å². The van der Waals surface area contributed by atoms with Gasteiger partial charge in [-0.1, -0.05) is 6.92 Å². The van der Waals surface area contributed by atoms with Gasteiger partial charge in [-0.3, -0.25) is 0 Å². The molecule has 0 unspecified atom stereocenters.